The Morgan fingerprint density at radius 1 is 0.983 bits per heavy atom. The van der Waals surface area contributed by atoms with E-state index in [0.29, 0.717) is 16.8 Å². The summed E-state index contributed by atoms with van der Waals surface area (Å²) in [6.45, 7) is 27.0. The molecular weight excluding hydrogens is 744 g/mol. The molecule has 4 aliphatic heterocycles. The van der Waals surface area contributed by atoms with Gasteiger partial charge in [0.25, 0.3) is 0 Å². The molecule has 0 amide bonds. The number of hydrogen-bond donors (Lipinski definition) is 3. The Morgan fingerprint density at radius 3 is 2.45 bits per heavy atom. The fourth-order valence-electron chi connectivity index (χ4n) is 8.20. The molecule has 7 heterocycles. The number of aryl methyl sites for hydroxylation is 1. The van der Waals surface area contributed by atoms with Crippen LogP contribution in [0.25, 0.3) is 17.0 Å². The molecule has 0 bridgehead atoms. The number of hydrogen-bond acceptors (Lipinski definition) is 11. The Kier molecular flexibility index (Phi) is 12.4. The summed E-state index contributed by atoms with van der Waals surface area (Å²) in [6.07, 6.45) is 12.0. The van der Waals surface area contributed by atoms with Gasteiger partial charge in [-0.2, -0.15) is 10.1 Å². The van der Waals surface area contributed by atoms with Gasteiger partial charge in [0.15, 0.2) is 5.82 Å². The molecule has 8 rings (SSSR count). The second kappa shape index (κ2) is 17.7. The van der Waals surface area contributed by atoms with Crippen molar-refractivity contribution < 1.29 is 0 Å². The van der Waals surface area contributed by atoms with Gasteiger partial charge >= 0.3 is 0 Å². The van der Waals surface area contributed by atoms with Gasteiger partial charge in [0, 0.05) is 105 Å². The number of piperidine rings is 1. The minimum absolute atomic E-state index is 0.228. The minimum Gasteiger partial charge on any atom is -0.392 e. The number of rotatable bonds is 10. The number of pyridine rings is 1. The van der Waals surface area contributed by atoms with Crippen LogP contribution in [-0.2, 0) is 7.05 Å². The maximum absolute atomic E-state index is 6.46. The second-order valence-corrected chi connectivity index (χ2v) is 16.5. The van der Waals surface area contributed by atoms with Gasteiger partial charge in [0.1, 0.15) is 10.8 Å². The third kappa shape index (κ3) is 8.88. The van der Waals surface area contributed by atoms with Crippen LogP contribution in [0.3, 0.4) is 0 Å². The van der Waals surface area contributed by atoms with Gasteiger partial charge in [-0.3, -0.25) is 4.68 Å². The van der Waals surface area contributed by atoms with Crippen LogP contribution in [0.5, 0.6) is 0 Å². The Balaban J connectivity index is 0.000000192. The number of piperazine rings is 1. The fraction of sp³-hybridized carbons (Fsp3) is 0.422. The van der Waals surface area contributed by atoms with Gasteiger partial charge in [0.05, 0.1) is 29.3 Å². The van der Waals surface area contributed by atoms with Crippen molar-refractivity contribution in [2.45, 2.75) is 64.3 Å². The van der Waals surface area contributed by atoms with E-state index >= 15 is 0 Å². The topological polar surface area (TPSA) is 106 Å². The van der Waals surface area contributed by atoms with Gasteiger partial charge < -0.3 is 35.6 Å². The van der Waals surface area contributed by atoms with Gasteiger partial charge in [0.2, 0.25) is 5.95 Å². The van der Waals surface area contributed by atoms with Crippen LogP contribution in [0.2, 0.25) is 5.02 Å². The fourth-order valence-corrected chi connectivity index (χ4v) is 8.34. The Morgan fingerprint density at radius 2 is 1.74 bits per heavy atom. The summed E-state index contributed by atoms with van der Waals surface area (Å²) < 4.78 is 2.01. The van der Waals surface area contributed by atoms with Gasteiger partial charge in [-0.15, -0.1) is 0 Å². The molecule has 4 aromatic rings. The number of anilines is 5. The van der Waals surface area contributed by atoms with Crippen molar-refractivity contribution in [1.82, 2.24) is 40.3 Å². The van der Waals surface area contributed by atoms with E-state index in [1.165, 1.54) is 48.1 Å². The predicted octanol–water partition coefficient (Wildman–Crippen LogP) is 8.33. The van der Waals surface area contributed by atoms with Crippen LogP contribution in [0, 0.1) is 0 Å². The first-order valence-corrected chi connectivity index (χ1v) is 20.9. The van der Waals surface area contributed by atoms with Crippen molar-refractivity contribution in [3.05, 3.63) is 108 Å². The van der Waals surface area contributed by atoms with Crippen molar-refractivity contribution >= 4 is 57.5 Å². The summed E-state index contributed by atoms with van der Waals surface area (Å²) in [5, 5.41) is 16.3. The molecule has 1 aromatic carbocycles. The first-order valence-electron chi connectivity index (χ1n) is 20.5. The van der Waals surface area contributed by atoms with Gasteiger partial charge in [-0.05, 0) is 95.3 Å². The van der Waals surface area contributed by atoms with E-state index in [0.717, 1.165) is 97.4 Å². The zero-order chi connectivity index (χ0) is 41.1. The van der Waals surface area contributed by atoms with Crippen LogP contribution in [0.15, 0.2) is 91.3 Å². The number of aromatic nitrogens is 5. The summed E-state index contributed by atoms with van der Waals surface area (Å²) in [6, 6.07) is 9.09. The third-order valence-corrected chi connectivity index (χ3v) is 11.9. The summed E-state index contributed by atoms with van der Waals surface area (Å²) in [7, 11) is 6.07. The number of fused-ring (bicyclic) bond motifs is 2. The molecule has 3 N–H and O–H groups in total. The average Bonchev–Trinajstić information content (AvgIpc) is 3.87. The molecule has 12 nitrogen and oxygen atoms in total. The number of nitrogens with zero attached hydrogens (tertiary/aromatic N) is 9. The van der Waals surface area contributed by atoms with E-state index < -0.39 is 0 Å². The smallest absolute Gasteiger partial charge is 0.227 e. The molecule has 306 valence electrons. The van der Waals surface area contributed by atoms with E-state index in [1.54, 1.807) is 6.20 Å². The lowest BCUT2D eigenvalue weighted by atomic mass is 9.90. The molecule has 58 heavy (non-hydrogen) atoms. The lowest BCUT2D eigenvalue weighted by molar-refractivity contribution is 0.311. The maximum Gasteiger partial charge on any atom is 0.227 e. The van der Waals surface area contributed by atoms with Crippen molar-refractivity contribution in [1.29, 1.82) is 0 Å². The highest BCUT2D eigenvalue weighted by Gasteiger charge is 2.28. The van der Waals surface area contributed by atoms with Crippen LogP contribution in [-0.4, -0.2) is 89.0 Å². The van der Waals surface area contributed by atoms with E-state index in [2.05, 4.69) is 118 Å². The molecule has 3 aromatic heterocycles. The molecule has 1 unspecified atom stereocenters. The van der Waals surface area contributed by atoms with Crippen LogP contribution >= 0.6 is 11.6 Å². The number of likely N-dealkylation sites (N-methyl/N-ethyl adjacent to an activating group) is 1. The summed E-state index contributed by atoms with van der Waals surface area (Å²) in [5.74, 6) is 2.43. The summed E-state index contributed by atoms with van der Waals surface area (Å²) >= 11 is 6.46. The van der Waals surface area contributed by atoms with Crippen LogP contribution in [0.4, 0.5) is 29.0 Å². The third-order valence-electron chi connectivity index (χ3n) is 11.6. The quantitative estimate of drug-likeness (QED) is 0.144. The SMILES string of the molecule is C=C(CCC1=Cc2cc(Nc3nc(N4CCN(C)CC4)ncc3Cl)cnc2N(C(C)C)C1=C)NC.C=C1CCC(c2nn(C)c3cc(N4CCCC4)ccc23)C(=C)N1. The van der Waals surface area contributed by atoms with Crippen molar-refractivity contribution in [3.8, 4) is 0 Å². The van der Waals surface area contributed by atoms with Crippen LogP contribution in [0.1, 0.15) is 69.5 Å². The maximum atomic E-state index is 6.46. The molecule has 1 atom stereocenters. The number of benzene rings is 1. The molecule has 0 saturated carbocycles. The number of allylic oxidation sites excluding steroid dienone is 4. The van der Waals surface area contributed by atoms with E-state index in [-0.39, 0.29) is 12.0 Å². The normalized spacial score (nSPS) is 18.5. The molecular formula is C45H59ClN12. The zero-order valence-electron chi connectivity index (χ0n) is 34.9. The molecule has 0 aliphatic carbocycles. The summed E-state index contributed by atoms with van der Waals surface area (Å²) in [4.78, 5) is 23.1. The summed E-state index contributed by atoms with van der Waals surface area (Å²) in [5.41, 5.74) is 10.8. The molecule has 3 fully saturated rings. The van der Waals surface area contributed by atoms with Gasteiger partial charge in [-0.25, -0.2) is 9.97 Å². The Hall–Kier alpha value is -5.33. The highest BCUT2D eigenvalue weighted by molar-refractivity contribution is 6.32. The average molecular weight is 804 g/mol. The predicted molar refractivity (Wildman–Crippen MR) is 242 cm³/mol. The highest BCUT2D eigenvalue weighted by atomic mass is 35.5. The molecule has 3 saturated heterocycles. The van der Waals surface area contributed by atoms with Crippen molar-refractivity contribution in [2.24, 2.45) is 7.05 Å². The van der Waals surface area contributed by atoms with E-state index in [4.69, 9.17) is 26.7 Å². The molecule has 13 heteroatoms. The first kappa shape index (κ1) is 40.9. The molecule has 4 aliphatic rings. The second-order valence-electron chi connectivity index (χ2n) is 16.1. The Labute approximate surface area is 349 Å². The molecule has 0 radical (unpaired) electrons. The number of halogens is 1. The van der Waals surface area contributed by atoms with E-state index in [9.17, 15) is 0 Å². The Bertz CT molecular complexity index is 2220. The highest BCUT2D eigenvalue weighted by Crippen LogP contribution is 2.39. The molecule has 0 spiro atoms. The zero-order valence-corrected chi connectivity index (χ0v) is 35.7. The first-order chi connectivity index (χ1) is 27.9. The largest absolute Gasteiger partial charge is 0.392 e. The minimum atomic E-state index is 0.228. The van der Waals surface area contributed by atoms with Crippen LogP contribution < -0.4 is 30.7 Å². The van der Waals surface area contributed by atoms with Crippen molar-refractivity contribution in [2.75, 3.05) is 73.4 Å². The number of nitrogens with one attached hydrogen (secondary N) is 3. The van der Waals surface area contributed by atoms with Crippen molar-refractivity contribution in [3.63, 3.8) is 0 Å². The van der Waals surface area contributed by atoms with E-state index in [1.807, 2.05) is 25.0 Å². The lowest BCUT2D eigenvalue weighted by Gasteiger charge is -2.35. The lowest BCUT2D eigenvalue weighted by Crippen LogP contribution is -2.45. The van der Waals surface area contributed by atoms with Gasteiger partial charge in [-0.1, -0.05) is 37.9 Å². The monoisotopic (exact) mass is 802 g/mol. The standard InChI is InChI=1S/C26H35ClN8.C19H24N4/c1-17(2)35-19(4)20(8-7-18(3)28-5)13-21-14-22(15-29-25(21)35)31-24-23(27)16-30-26(32-24)34-11-9-33(6)10-12-34;1-13-6-8-16(14(2)20-13)19-17-9-7-15(23-10-4-5-11-23)12-18(17)22(3)21-19/h13-17,28H,3-4,7-12H2,1-2,5-6H3,(H,30,31,32);7,9,12,16,20H,1-2,4-6,8,10-11H2,3H3.